The van der Waals surface area contributed by atoms with E-state index in [1.165, 1.54) is 11.1 Å². The molecule has 0 aliphatic carbocycles. The number of nitrogens with one attached hydrogen (secondary N) is 1. The lowest BCUT2D eigenvalue weighted by Crippen LogP contribution is -2.50. The number of carbonyl (C=O) groups is 2. The number of rotatable bonds is 3. The van der Waals surface area contributed by atoms with Gasteiger partial charge in [0.25, 0.3) is 11.8 Å². The van der Waals surface area contributed by atoms with Gasteiger partial charge in [0, 0.05) is 37.3 Å². The maximum absolute atomic E-state index is 12.9. The smallest absolute Gasteiger partial charge is 0.272 e. The number of aromatic nitrogens is 2. The summed E-state index contributed by atoms with van der Waals surface area (Å²) in [7, 11) is 0. The van der Waals surface area contributed by atoms with Crippen molar-refractivity contribution in [1.29, 1.82) is 0 Å². The lowest BCUT2D eigenvalue weighted by molar-refractivity contribution is 0.0532. The number of aryl methyl sites for hydroxylation is 2. The van der Waals surface area contributed by atoms with Crippen molar-refractivity contribution in [3.05, 3.63) is 77.0 Å². The minimum atomic E-state index is -0.0839. The second-order valence-corrected chi connectivity index (χ2v) is 7.42. The average Bonchev–Trinajstić information content (AvgIpc) is 3.25. The van der Waals surface area contributed by atoms with Crippen LogP contribution >= 0.6 is 0 Å². The largest absolute Gasteiger partial charge is 0.335 e. The molecule has 0 radical (unpaired) electrons. The first-order valence-corrected chi connectivity index (χ1v) is 9.79. The Morgan fingerprint density at radius 1 is 0.828 bits per heavy atom. The summed E-state index contributed by atoms with van der Waals surface area (Å²) in [6, 6.07) is 17.2. The normalized spacial score (nSPS) is 14.1. The average molecular weight is 388 g/mol. The quantitative estimate of drug-likeness (QED) is 0.749. The van der Waals surface area contributed by atoms with Gasteiger partial charge < -0.3 is 9.80 Å². The number of piperazine rings is 1. The summed E-state index contributed by atoms with van der Waals surface area (Å²) in [6.45, 7) is 6.20. The molecule has 0 unspecified atom stereocenters. The fourth-order valence-corrected chi connectivity index (χ4v) is 3.53. The maximum Gasteiger partial charge on any atom is 0.272 e. The van der Waals surface area contributed by atoms with Gasteiger partial charge in [0.05, 0.1) is 5.69 Å². The third-order valence-electron chi connectivity index (χ3n) is 5.49. The van der Waals surface area contributed by atoms with Crippen molar-refractivity contribution in [3.8, 4) is 11.3 Å². The Balaban J connectivity index is 1.40. The highest BCUT2D eigenvalue weighted by molar-refractivity contribution is 5.95. The van der Waals surface area contributed by atoms with E-state index in [2.05, 4.69) is 36.2 Å². The SMILES string of the molecule is Cc1ccc(-c2cc(C(=O)N3CCN(C(=O)c4ccccc4)CC3)[nH]n2)cc1C. The molecule has 29 heavy (non-hydrogen) atoms. The summed E-state index contributed by atoms with van der Waals surface area (Å²) in [5, 5.41) is 7.19. The fourth-order valence-electron chi connectivity index (χ4n) is 3.53. The van der Waals surface area contributed by atoms with Gasteiger partial charge in [0.2, 0.25) is 0 Å². The van der Waals surface area contributed by atoms with Crippen molar-refractivity contribution in [2.45, 2.75) is 13.8 Å². The minimum Gasteiger partial charge on any atom is -0.335 e. The van der Waals surface area contributed by atoms with E-state index in [1.807, 2.05) is 36.4 Å². The Morgan fingerprint density at radius 3 is 2.14 bits per heavy atom. The number of benzene rings is 2. The predicted octanol–water partition coefficient (Wildman–Crippen LogP) is 3.29. The highest BCUT2D eigenvalue weighted by Crippen LogP contribution is 2.21. The van der Waals surface area contributed by atoms with Crippen LogP contribution in [0.4, 0.5) is 0 Å². The van der Waals surface area contributed by atoms with Crippen LogP contribution in [0.2, 0.25) is 0 Å². The Morgan fingerprint density at radius 2 is 1.48 bits per heavy atom. The predicted molar refractivity (Wildman–Crippen MR) is 112 cm³/mol. The molecule has 1 N–H and O–H groups in total. The molecule has 1 aromatic heterocycles. The first-order chi connectivity index (χ1) is 14.0. The molecule has 2 amide bonds. The monoisotopic (exact) mass is 388 g/mol. The Labute approximate surface area is 170 Å². The number of carbonyl (C=O) groups excluding carboxylic acids is 2. The van der Waals surface area contributed by atoms with E-state index in [4.69, 9.17) is 0 Å². The van der Waals surface area contributed by atoms with Crippen LogP contribution in [0.1, 0.15) is 32.0 Å². The zero-order valence-electron chi connectivity index (χ0n) is 16.7. The van der Waals surface area contributed by atoms with E-state index in [-0.39, 0.29) is 11.8 Å². The van der Waals surface area contributed by atoms with Gasteiger partial charge in [-0.05, 0) is 49.2 Å². The summed E-state index contributed by atoms with van der Waals surface area (Å²) >= 11 is 0. The molecule has 6 nitrogen and oxygen atoms in total. The van der Waals surface area contributed by atoms with Gasteiger partial charge in [-0.2, -0.15) is 5.10 Å². The molecule has 0 spiro atoms. The number of amides is 2. The van der Waals surface area contributed by atoms with E-state index in [0.29, 0.717) is 37.4 Å². The second kappa shape index (κ2) is 7.91. The standard InChI is InChI=1S/C23H24N4O2/c1-16-8-9-19(14-17(16)2)20-15-21(25-24-20)23(29)27-12-10-26(11-13-27)22(28)18-6-4-3-5-7-18/h3-9,14-15H,10-13H2,1-2H3,(H,24,25). The molecule has 0 saturated carbocycles. The molecule has 1 aliphatic heterocycles. The molecule has 6 heteroatoms. The summed E-state index contributed by atoms with van der Waals surface area (Å²) in [5.41, 5.74) is 5.32. The maximum atomic E-state index is 12.9. The van der Waals surface area contributed by atoms with Crippen LogP contribution in [0.3, 0.4) is 0 Å². The molecule has 148 valence electrons. The Hall–Kier alpha value is -3.41. The van der Waals surface area contributed by atoms with Crippen molar-refractivity contribution in [2.24, 2.45) is 0 Å². The number of hydrogen-bond acceptors (Lipinski definition) is 3. The number of aromatic amines is 1. The van der Waals surface area contributed by atoms with Crippen LogP contribution in [0.25, 0.3) is 11.3 Å². The zero-order valence-corrected chi connectivity index (χ0v) is 16.7. The molecule has 2 aromatic carbocycles. The molecule has 2 heterocycles. The van der Waals surface area contributed by atoms with Gasteiger partial charge in [-0.3, -0.25) is 14.7 Å². The van der Waals surface area contributed by atoms with Crippen molar-refractivity contribution in [2.75, 3.05) is 26.2 Å². The Kier molecular flexibility index (Phi) is 5.16. The summed E-state index contributed by atoms with van der Waals surface area (Å²) in [5.74, 6) is -0.0735. The molecule has 3 aromatic rings. The summed E-state index contributed by atoms with van der Waals surface area (Å²) in [4.78, 5) is 29.0. The first-order valence-electron chi connectivity index (χ1n) is 9.79. The van der Waals surface area contributed by atoms with Crippen LogP contribution in [-0.2, 0) is 0 Å². The highest BCUT2D eigenvalue weighted by Gasteiger charge is 2.26. The topological polar surface area (TPSA) is 69.3 Å². The zero-order chi connectivity index (χ0) is 20.4. The second-order valence-electron chi connectivity index (χ2n) is 7.42. The van der Waals surface area contributed by atoms with Gasteiger partial charge in [-0.25, -0.2) is 0 Å². The number of nitrogens with zero attached hydrogens (tertiary/aromatic N) is 3. The van der Waals surface area contributed by atoms with Gasteiger partial charge >= 0.3 is 0 Å². The molecule has 1 aliphatic rings. The Bertz CT molecular complexity index is 1030. The van der Waals surface area contributed by atoms with E-state index in [1.54, 1.807) is 15.9 Å². The molecule has 4 rings (SSSR count). The van der Waals surface area contributed by atoms with Crippen molar-refractivity contribution >= 4 is 11.8 Å². The summed E-state index contributed by atoms with van der Waals surface area (Å²) < 4.78 is 0. The molecule has 1 saturated heterocycles. The van der Waals surface area contributed by atoms with Crippen molar-refractivity contribution in [3.63, 3.8) is 0 Å². The van der Waals surface area contributed by atoms with E-state index in [0.717, 1.165) is 11.3 Å². The molecule has 0 bridgehead atoms. The molecular formula is C23H24N4O2. The fraction of sp³-hybridized carbons (Fsp3) is 0.261. The van der Waals surface area contributed by atoms with E-state index < -0.39 is 0 Å². The van der Waals surface area contributed by atoms with E-state index >= 15 is 0 Å². The lowest BCUT2D eigenvalue weighted by atomic mass is 10.0. The minimum absolute atomic E-state index is 0.0104. The third kappa shape index (κ3) is 3.92. The van der Waals surface area contributed by atoms with Crippen LogP contribution < -0.4 is 0 Å². The molecule has 0 atom stereocenters. The van der Waals surface area contributed by atoms with Crippen molar-refractivity contribution < 1.29 is 9.59 Å². The molecular weight excluding hydrogens is 364 g/mol. The van der Waals surface area contributed by atoms with E-state index in [9.17, 15) is 9.59 Å². The molecule has 1 fully saturated rings. The van der Waals surface area contributed by atoms with Gasteiger partial charge in [0.1, 0.15) is 5.69 Å². The van der Waals surface area contributed by atoms with Gasteiger partial charge in [-0.1, -0.05) is 30.3 Å². The number of hydrogen-bond donors (Lipinski definition) is 1. The van der Waals surface area contributed by atoms with Crippen LogP contribution in [0.5, 0.6) is 0 Å². The van der Waals surface area contributed by atoms with Gasteiger partial charge in [0.15, 0.2) is 0 Å². The number of H-pyrrole nitrogens is 1. The first kappa shape index (κ1) is 18.9. The third-order valence-corrected chi connectivity index (χ3v) is 5.49. The lowest BCUT2D eigenvalue weighted by Gasteiger charge is -2.34. The van der Waals surface area contributed by atoms with Crippen LogP contribution in [-0.4, -0.2) is 58.0 Å². The summed E-state index contributed by atoms with van der Waals surface area (Å²) in [6.07, 6.45) is 0. The van der Waals surface area contributed by atoms with Crippen LogP contribution in [0.15, 0.2) is 54.6 Å². The van der Waals surface area contributed by atoms with Crippen molar-refractivity contribution in [1.82, 2.24) is 20.0 Å². The van der Waals surface area contributed by atoms with Crippen LogP contribution in [0, 0.1) is 13.8 Å². The highest BCUT2D eigenvalue weighted by atomic mass is 16.2. The van der Waals surface area contributed by atoms with Gasteiger partial charge in [-0.15, -0.1) is 0 Å².